The molecule has 2 aromatic heterocycles. The van der Waals surface area contributed by atoms with Gasteiger partial charge in [-0.15, -0.1) is 4.68 Å². The van der Waals surface area contributed by atoms with Gasteiger partial charge in [0.1, 0.15) is 11.5 Å². The Labute approximate surface area is 161 Å². The summed E-state index contributed by atoms with van der Waals surface area (Å²) in [4.78, 5) is 11.3. The molecule has 0 aliphatic carbocycles. The lowest BCUT2D eigenvalue weighted by Gasteiger charge is -2.13. The number of hydrogen-bond donors (Lipinski definition) is 1. The Bertz CT molecular complexity index is 988. The van der Waals surface area contributed by atoms with Crippen LogP contribution in [0.25, 0.3) is 10.5 Å². The zero-order valence-electron chi connectivity index (χ0n) is 13.3. The van der Waals surface area contributed by atoms with Gasteiger partial charge >= 0.3 is 6.18 Å². The molecule has 6 nitrogen and oxygen atoms in total. The Balaban J connectivity index is 2.02. The molecule has 0 fully saturated rings. The molecule has 0 aliphatic rings. The fraction of sp³-hybridized carbons (Fsp3) is 0.125. The lowest BCUT2D eigenvalue weighted by Crippen LogP contribution is -2.10. The number of hydrogen-bond acceptors (Lipinski definition) is 4. The van der Waals surface area contributed by atoms with Gasteiger partial charge in [0.15, 0.2) is 0 Å². The van der Waals surface area contributed by atoms with E-state index in [1.54, 1.807) is 6.20 Å². The van der Waals surface area contributed by atoms with Crippen molar-refractivity contribution >= 4 is 34.8 Å². The van der Waals surface area contributed by atoms with Gasteiger partial charge in [-0.1, -0.05) is 29.8 Å². The first-order valence-corrected chi connectivity index (χ1v) is 8.08. The topological polar surface area (TPSA) is 60.0 Å². The van der Waals surface area contributed by atoms with Crippen LogP contribution in [0.1, 0.15) is 11.3 Å². The second kappa shape index (κ2) is 7.42. The summed E-state index contributed by atoms with van der Waals surface area (Å²) in [7, 11) is 0. The molecule has 1 aromatic carbocycles. The molecule has 0 spiro atoms. The van der Waals surface area contributed by atoms with Crippen molar-refractivity contribution in [3.8, 4) is 5.69 Å². The summed E-state index contributed by atoms with van der Waals surface area (Å²) in [6, 6.07) is 2.94. The maximum atomic E-state index is 12.9. The van der Waals surface area contributed by atoms with Crippen molar-refractivity contribution in [2.24, 2.45) is 0 Å². The number of rotatable bonds is 4. The van der Waals surface area contributed by atoms with Crippen molar-refractivity contribution in [3.63, 3.8) is 0 Å². The molecule has 0 atom stereocenters. The molecule has 0 saturated carbocycles. The SMILES string of the molecule is [C-]#[N+]c1cc(NCc2cnccn2)n(-c2c(Cl)cc(C(F)(F)F)cc2Cl)n1. The molecule has 138 valence electrons. The molecule has 3 rings (SSSR count). The second-order valence-electron chi connectivity index (χ2n) is 5.25. The normalized spacial score (nSPS) is 11.3. The number of alkyl halides is 3. The summed E-state index contributed by atoms with van der Waals surface area (Å²) in [5, 5.41) is 6.53. The van der Waals surface area contributed by atoms with Crippen LogP contribution in [0.15, 0.2) is 36.8 Å². The van der Waals surface area contributed by atoms with E-state index in [2.05, 4.69) is 25.2 Å². The second-order valence-corrected chi connectivity index (χ2v) is 6.06. The van der Waals surface area contributed by atoms with Crippen LogP contribution in [0.4, 0.5) is 24.8 Å². The van der Waals surface area contributed by atoms with E-state index in [0.717, 1.165) is 12.1 Å². The van der Waals surface area contributed by atoms with Crippen molar-refractivity contribution in [2.75, 3.05) is 5.32 Å². The molecule has 11 heteroatoms. The molecule has 0 saturated heterocycles. The van der Waals surface area contributed by atoms with Gasteiger partial charge in [-0.05, 0) is 17.2 Å². The number of anilines is 1. The van der Waals surface area contributed by atoms with E-state index in [0.29, 0.717) is 11.5 Å². The van der Waals surface area contributed by atoms with E-state index >= 15 is 0 Å². The lowest BCUT2D eigenvalue weighted by atomic mass is 10.2. The smallest absolute Gasteiger partial charge is 0.364 e. The summed E-state index contributed by atoms with van der Waals surface area (Å²) < 4.78 is 40.0. The Morgan fingerprint density at radius 3 is 2.41 bits per heavy atom. The zero-order valence-corrected chi connectivity index (χ0v) is 14.8. The van der Waals surface area contributed by atoms with E-state index < -0.39 is 11.7 Å². The number of benzene rings is 1. The maximum Gasteiger partial charge on any atom is 0.416 e. The first kappa shape index (κ1) is 18.9. The van der Waals surface area contributed by atoms with E-state index in [4.69, 9.17) is 29.8 Å². The van der Waals surface area contributed by atoms with Crippen LogP contribution in [0, 0.1) is 6.57 Å². The average Bonchev–Trinajstić information content (AvgIpc) is 3.02. The molecule has 3 aromatic rings. The van der Waals surface area contributed by atoms with Crippen LogP contribution in [0.5, 0.6) is 0 Å². The summed E-state index contributed by atoms with van der Waals surface area (Å²) in [6.45, 7) is 7.36. The van der Waals surface area contributed by atoms with E-state index in [1.807, 2.05) is 0 Å². The Kier molecular flexibility index (Phi) is 5.21. The summed E-state index contributed by atoms with van der Waals surface area (Å²) in [5.74, 6) is 0.332. The fourth-order valence-electron chi connectivity index (χ4n) is 2.25. The molecule has 0 radical (unpaired) electrons. The van der Waals surface area contributed by atoms with Gasteiger partial charge in [-0.2, -0.15) is 13.2 Å². The molecule has 0 unspecified atom stereocenters. The highest BCUT2D eigenvalue weighted by Crippen LogP contribution is 2.38. The van der Waals surface area contributed by atoms with Crippen molar-refractivity contribution in [1.29, 1.82) is 0 Å². The number of aromatic nitrogens is 4. The van der Waals surface area contributed by atoms with Gasteiger partial charge in [0.2, 0.25) is 0 Å². The standard InChI is InChI=1S/C16H9Cl2F3N6/c1-22-13-6-14(25-8-10-7-23-2-3-24-10)27(26-13)15-11(17)4-9(5-12(15)18)16(19,20)21/h2-7,25H,8H2. The van der Waals surface area contributed by atoms with Crippen LogP contribution in [-0.2, 0) is 12.7 Å². The first-order valence-electron chi connectivity index (χ1n) is 7.32. The minimum Gasteiger partial charge on any atom is -0.364 e. The summed E-state index contributed by atoms with van der Waals surface area (Å²) in [5.41, 5.74) is -0.338. The van der Waals surface area contributed by atoms with Crippen LogP contribution in [0.3, 0.4) is 0 Å². The highest BCUT2D eigenvalue weighted by atomic mass is 35.5. The third kappa shape index (κ3) is 4.13. The lowest BCUT2D eigenvalue weighted by molar-refractivity contribution is -0.137. The molecular weight excluding hydrogens is 404 g/mol. The minimum absolute atomic E-state index is 0.0173. The van der Waals surface area contributed by atoms with Gasteiger partial charge in [0.25, 0.3) is 5.82 Å². The van der Waals surface area contributed by atoms with Gasteiger partial charge in [0.05, 0.1) is 34.0 Å². The van der Waals surface area contributed by atoms with E-state index in [9.17, 15) is 13.2 Å². The zero-order chi connectivity index (χ0) is 19.6. The molecule has 0 amide bonds. The first-order chi connectivity index (χ1) is 12.8. The third-order valence-electron chi connectivity index (χ3n) is 3.43. The Hall–Kier alpha value is -2.83. The van der Waals surface area contributed by atoms with Gasteiger partial charge in [0, 0.05) is 18.5 Å². The number of nitrogens with one attached hydrogen (secondary N) is 1. The highest BCUT2D eigenvalue weighted by molar-refractivity contribution is 6.38. The van der Waals surface area contributed by atoms with Crippen molar-refractivity contribution in [2.45, 2.75) is 12.7 Å². The Morgan fingerprint density at radius 1 is 1.15 bits per heavy atom. The van der Waals surface area contributed by atoms with Crippen LogP contribution in [0.2, 0.25) is 10.0 Å². The molecule has 1 N–H and O–H groups in total. The predicted molar refractivity (Wildman–Crippen MR) is 94.2 cm³/mol. The number of nitrogens with zero attached hydrogens (tertiary/aromatic N) is 5. The molecular formula is C16H9Cl2F3N6. The molecule has 0 aliphatic heterocycles. The predicted octanol–water partition coefficient (Wildman–Crippen LogP) is 5.15. The van der Waals surface area contributed by atoms with Crippen molar-refractivity contribution < 1.29 is 13.2 Å². The summed E-state index contributed by atoms with van der Waals surface area (Å²) >= 11 is 12.1. The van der Waals surface area contributed by atoms with Crippen LogP contribution < -0.4 is 5.32 Å². The maximum absolute atomic E-state index is 12.9. The minimum atomic E-state index is -4.59. The number of halogens is 5. The average molecular weight is 413 g/mol. The monoisotopic (exact) mass is 412 g/mol. The van der Waals surface area contributed by atoms with Gasteiger partial charge in [-0.25, -0.2) is 0 Å². The molecule has 27 heavy (non-hydrogen) atoms. The largest absolute Gasteiger partial charge is 0.416 e. The van der Waals surface area contributed by atoms with E-state index in [1.165, 1.54) is 23.1 Å². The summed E-state index contributed by atoms with van der Waals surface area (Å²) in [6.07, 6.45) is -0.0126. The van der Waals surface area contributed by atoms with Gasteiger partial charge < -0.3 is 10.2 Å². The Morgan fingerprint density at radius 2 is 1.85 bits per heavy atom. The molecule has 0 bridgehead atoms. The highest BCUT2D eigenvalue weighted by Gasteiger charge is 2.33. The van der Waals surface area contributed by atoms with Crippen LogP contribution >= 0.6 is 23.2 Å². The van der Waals surface area contributed by atoms with Crippen molar-refractivity contribution in [3.05, 3.63) is 69.5 Å². The van der Waals surface area contributed by atoms with E-state index in [-0.39, 0.29) is 28.1 Å². The quantitative estimate of drug-likeness (QED) is 0.601. The van der Waals surface area contributed by atoms with Crippen molar-refractivity contribution in [1.82, 2.24) is 19.7 Å². The fourth-order valence-corrected chi connectivity index (χ4v) is 2.90. The van der Waals surface area contributed by atoms with Gasteiger partial charge in [-0.3, -0.25) is 9.97 Å². The third-order valence-corrected chi connectivity index (χ3v) is 4.01. The molecule has 2 heterocycles. The van der Waals surface area contributed by atoms with Crippen LogP contribution in [-0.4, -0.2) is 19.7 Å².